The zero-order valence-corrected chi connectivity index (χ0v) is 11.1. The molecule has 18 heavy (non-hydrogen) atoms. The van der Waals surface area contributed by atoms with E-state index < -0.39 is 21.1 Å². The number of rotatable bonds is 6. The quantitative estimate of drug-likeness (QED) is 0.850. The number of carboxylic acids is 1. The molecule has 5 nitrogen and oxygen atoms in total. The molecule has 1 rings (SSSR count). The van der Waals surface area contributed by atoms with Crippen molar-refractivity contribution in [2.75, 3.05) is 13.7 Å². The molecule has 1 unspecified atom stereocenters. The van der Waals surface area contributed by atoms with Gasteiger partial charge in [-0.3, -0.25) is 0 Å². The van der Waals surface area contributed by atoms with Crippen LogP contribution in [0.15, 0.2) is 29.2 Å². The molecule has 1 N–H and O–H groups in total. The lowest BCUT2D eigenvalue weighted by Crippen LogP contribution is -2.22. The van der Waals surface area contributed by atoms with Crippen molar-refractivity contribution in [2.45, 2.75) is 23.5 Å². The molecule has 100 valence electrons. The van der Waals surface area contributed by atoms with E-state index in [2.05, 4.69) is 0 Å². The maximum absolute atomic E-state index is 12.2. The van der Waals surface area contributed by atoms with Crippen molar-refractivity contribution < 1.29 is 23.1 Å². The summed E-state index contributed by atoms with van der Waals surface area (Å²) < 4.78 is 29.3. The van der Waals surface area contributed by atoms with Crippen molar-refractivity contribution >= 4 is 15.8 Å². The summed E-state index contributed by atoms with van der Waals surface area (Å²) in [5.74, 6) is -1.24. The molecule has 0 aliphatic heterocycles. The Bertz CT molecular complexity index is 521. The molecule has 0 aliphatic rings. The highest BCUT2D eigenvalue weighted by atomic mass is 32.2. The second-order valence-electron chi connectivity index (χ2n) is 3.94. The van der Waals surface area contributed by atoms with Gasteiger partial charge < -0.3 is 9.84 Å². The fourth-order valence-corrected chi connectivity index (χ4v) is 3.12. The molecule has 0 bridgehead atoms. The van der Waals surface area contributed by atoms with E-state index in [1.165, 1.54) is 31.4 Å². The molecular formula is C12H16O5S. The van der Waals surface area contributed by atoms with E-state index >= 15 is 0 Å². The Morgan fingerprint density at radius 3 is 2.56 bits per heavy atom. The Morgan fingerprint density at radius 1 is 1.39 bits per heavy atom. The van der Waals surface area contributed by atoms with Crippen LogP contribution < -0.4 is 0 Å². The van der Waals surface area contributed by atoms with E-state index in [1.807, 2.05) is 0 Å². The van der Waals surface area contributed by atoms with Gasteiger partial charge in [0.25, 0.3) is 0 Å². The van der Waals surface area contributed by atoms with Crippen LogP contribution >= 0.6 is 0 Å². The summed E-state index contributed by atoms with van der Waals surface area (Å²) in [6, 6.07) is 5.63. The van der Waals surface area contributed by atoms with Crippen LogP contribution in [0.25, 0.3) is 0 Å². The van der Waals surface area contributed by atoms with Crippen molar-refractivity contribution in [3.8, 4) is 0 Å². The normalized spacial score (nSPS) is 13.2. The lowest BCUT2D eigenvalue weighted by molar-refractivity contribution is 0.0692. The molecule has 6 heteroatoms. The van der Waals surface area contributed by atoms with E-state index in [1.54, 1.807) is 6.92 Å². The van der Waals surface area contributed by atoms with Gasteiger partial charge in [0.15, 0.2) is 9.84 Å². The lowest BCUT2D eigenvalue weighted by Gasteiger charge is -2.14. The van der Waals surface area contributed by atoms with Gasteiger partial charge in [-0.1, -0.05) is 12.1 Å². The maximum atomic E-state index is 12.2. The largest absolute Gasteiger partial charge is 0.478 e. The summed E-state index contributed by atoms with van der Waals surface area (Å²) in [6.45, 7) is 1.86. The molecule has 0 fully saturated rings. The number of ether oxygens (including phenoxy) is 1. The van der Waals surface area contributed by atoms with Crippen LogP contribution in [0.2, 0.25) is 0 Å². The molecule has 0 radical (unpaired) electrons. The van der Waals surface area contributed by atoms with Gasteiger partial charge in [0.05, 0.1) is 15.7 Å². The molecule has 1 aromatic carbocycles. The lowest BCUT2D eigenvalue weighted by atomic mass is 10.2. The van der Waals surface area contributed by atoms with Crippen LogP contribution in [-0.2, 0) is 14.6 Å². The first-order valence-electron chi connectivity index (χ1n) is 5.46. The minimum atomic E-state index is -3.65. The number of sulfone groups is 1. The van der Waals surface area contributed by atoms with Gasteiger partial charge >= 0.3 is 5.97 Å². The van der Waals surface area contributed by atoms with E-state index in [-0.39, 0.29) is 10.5 Å². The molecule has 0 aromatic heterocycles. The summed E-state index contributed by atoms with van der Waals surface area (Å²) >= 11 is 0. The summed E-state index contributed by atoms with van der Waals surface area (Å²) in [6.07, 6.45) is 0.326. The molecule has 1 aromatic rings. The van der Waals surface area contributed by atoms with E-state index in [4.69, 9.17) is 9.84 Å². The number of carboxylic acid groups (broad SMARTS) is 1. The second-order valence-corrected chi connectivity index (χ2v) is 6.27. The van der Waals surface area contributed by atoms with E-state index in [0.717, 1.165) is 0 Å². The van der Waals surface area contributed by atoms with Gasteiger partial charge in [-0.05, 0) is 25.5 Å². The third-order valence-electron chi connectivity index (χ3n) is 2.68. The van der Waals surface area contributed by atoms with Crippen molar-refractivity contribution in [3.63, 3.8) is 0 Å². The van der Waals surface area contributed by atoms with E-state index in [9.17, 15) is 13.2 Å². The van der Waals surface area contributed by atoms with Gasteiger partial charge in [-0.15, -0.1) is 0 Å². The Kier molecular flexibility index (Phi) is 4.86. The molecule has 0 heterocycles. The topological polar surface area (TPSA) is 80.7 Å². The minimum Gasteiger partial charge on any atom is -0.478 e. The van der Waals surface area contributed by atoms with Crippen LogP contribution in [0.1, 0.15) is 23.7 Å². The average molecular weight is 272 g/mol. The van der Waals surface area contributed by atoms with Gasteiger partial charge in [0.2, 0.25) is 0 Å². The van der Waals surface area contributed by atoms with Crippen molar-refractivity contribution in [1.29, 1.82) is 0 Å². The van der Waals surface area contributed by atoms with Gasteiger partial charge in [-0.25, -0.2) is 13.2 Å². The summed E-state index contributed by atoms with van der Waals surface area (Å²) in [5.41, 5.74) is -0.193. The SMILES string of the molecule is COCCC(C)S(=O)(=O)c1ccccc1C(=O)O. The first kappa shape index (κ1) is 14.7. The van der Waals surface area contributed by atoms with Crippen LogP contribution in [0.4, 0.5) is 0 Å². The van der Waals surface area contributed by atoms with Gasteiger partial charge in [-0.2, -0.15) is 0 Å². The number of aromatic carboxylic acids is 1. The highest BCUT2D eigenvalue weighted by Crippen LogP contribution is 2.22. The second kappa shape index (κ2) is 5.97. The van der Waals surface area contributed by atoms with Crippen molar-refractivity contribution in [3.05, 3.63) is 29.8 Å². The minimum absolute atomic E-state index is 0.138. The summed E-state index contributed by atoms with van der Waals surface area (Å²) in [4.78, 5) is 10.9. The monoisotopic (exact) mass is 272 g/mol. The molecule has 0 spiro atoms. The molecular weight excluding hydrogens is 256 g/mol. The predicted molar refractivity (Wildman–Crippen MR) is 66.5 cm³/mol. The fraction of sp³-hybridized carbons (Fsp3) is 0.417. The van der Waals surface area contributed by atoms with Crippen LogP contribution in [0, 0.1) is 0 Å². The smallest absolute Gasteiger partial charge is 0.337 e. The third-order valence-corrected chi connectivity index (χ3v) is 4.95. The fourth-order valence-electron chi connectivity index (χ4n) is 1.55. The van der Waals surface area contributed by atoms with E-state index in [0.29, 0.717) is 13.0 Å². The number of hydrogen-bond donors (Lipinski definition) is 1. The van der Waals surface area contributed by atoms with Crippen molar-refractivity contribution in [2.24, 2.45) is 0 Å². The molecule has 0 aliphatic carbocycles. The standard InChI is InChI=1S/C12H16O5S/c1-9(7-8-17-2)18(15,16)11-6-4-3-5-10(11)12(13)14/h3-6,9H,7-8H2,1-2H3,(H,13,14). The summed E-state index contributed by atoms with van der Waals surface area (Å²) in [5, 5.41) is 8.32. The highest BCUT2D eigenvalue weighted by Gasteiger charge is 2.27. The van der Waals surface area contributed by atoms with Crippen LogP contribution in [0.3, 0.4) is 0 Å². The molecule has 1 atom stereocenters. The first-order chi connectivity index (χ1) is 8.41. The van der Waals surface area contributed by atoms with Gasteiger partial charge in [0, 0.05) is 13.7 Å². The Hall–Kier alpha value is -1.40. The average Bonchev–Trinajstić information content (AvgIpc) is 2.35. The molecule has 0 saturated carbocycles. The summed E-state index contributed by atoms with van der Waals surface area (Å²) in [7, 11) is -2.16. The maximum Gasteiger partial charge on any atom is 0.337 e. The zero-order chi connectivity index (χ0) is 13.8. The van der Waals surface area contributed by atoms with Crippen molar-refractivity contribution in [1.82, 2.24) is 0 Å². The Labute approximate surface area is 106 Å². The van der Waals surface area contributed by atoms with Crippen LogP contribution in [-0.4, -0.2) is 38.5 Å². The predicted octanol–water partition coefficient (Wildman–Crippen LogP) is 1.58. The Morgan fingerprint density at radius 2 is 2.00 bits per heavy atom. The first-order valence-corrected chi connectivity index (χ1v) is 7.01. The number of carbonyl (C=O) groups is 1. The van der Waals surface area contributed by atoms with Gasteiger partial charge in [0.1, 0.15) is 0 Å². The number of methoxy groups -OCH3 is 1. The number of hydrogen-bond acceptors (Lipinski definition) is 4. The Balaban J connectivity index is 3.16. The highest BCUT2D eigenvalue weighted by molar-refractivity contribution is 7.92. The molecule has 0 saturated heterocycles. The van der Waals surface area contributed by atoms with Crippen LogP contribution in [0.5, 0.6) is 0 Å². The molecule has 0 amide bonds. The zero-order valence-electron chi connectivity index (χ0n) is 10.3. The number of benzene rings is 1. The third kappa shape index (κ3) is 3.08.